The summed E-state index contributed by atoms with van der Waals surface area (Å²) >= 11 is 6.08. The normalized spacial score (nSPS) is 36.5. The smallest absolute Gasteiger partial charge is 0.125 e. The Morgan fingerprint density at radius 3 is 2.80 bits per heavy atom. The zero-order valence-electron chi connectivity index (χ0n) is 11.8. The molecule has 1 aliphatic heterocycles. The fraction of sp³-hybridized carbons (Fsp3) is 0.647. The Morgan fingerprint density at radius 1 is 1.15 bits per heavy atom. The zero-order chi connectivity index (χ0) is 13.7. The fourth-order valence-corrected chi connectivity index (χ4v) is 4.48. The number of hydrogen-bond acceptors (Lipinski definition) is 2. The summed E-state index contributed by atoms with van der Waals surface area (Å²) in [4.78, 5) is 0. The van der Waals surface area contributed by atoms with Crippen molar-refractivity contribution < 1.29 is 4.74 Å². The summed E-state index contributed by atoms with van der Waals surface area (Å²) in [7, 11) is 0. The molecule has 3 aliphatic rings. The average Bonchev–Trinajstić information content (AvgIpc) is 3.24. The molecule has 1 spiro atoms. The van der Waals surface area contributed by atoms with Gasteiger partial charge in [-0.05, 0) is 68.6 Å². The van der Waals surface area contributed by atoms with Crippen molar-refractivity contribution in [3.63, 3.8) is 0 Å². The van der Waals surface area contributed by atoms with E-state index in [4.69, 9.17) is 22.1 Å². The van der Waals surface area contributed by atoms with Crippen LogP contribution < -0.4 is 10.5 Å². The van der Waals surface area contributed by atoms with Gasteiger partial charge >= 0.3 is 0 Å². The monoisotopic (exact) mass is 291 g/mol. The standard InChI is InChI=1S/C17H22ClNO/c18-13-5-6-16-14(8-13)15(19)10-17(20-16)7-1-2-12(9-17)11-3-4-11/h5-6,8,11-12,15H,1-4,7,9-10,19H2/t12?,15-,17?/m1/s1. The summed E-state index contributed by atoms with van der Waals surface area (Å²) in [6, 6.07) is 5.94. The van der Waals surface area contributed by atoms with Gasteiger partial charge in [-0.15, -0.1) is 0 Å². The van der Waals surface area contributed by atoms with Gasteiger partial charge in [0.2, 0.25) is 0 Å². The van der Waals surface area contributed by atoms with Crippen LogP contribution in [0.15, 0.2) is 18.2 Å². The highest BCUT2D eigenvalue weighted by atomic mass is 35.5. The third kappa shape index (κ3) is 2.23. The predicted octanol–water partition coefficient (Wildman–Crippen LogP) is 4.46. The van der Waals surface area contributed by atoms with Crippen molar-refractivity contribution in [3.8, 4) is 5.75 Å². The largest absolute Gasteiger partial charge is 0.487 e. The van der Waals surface area contributed by atoms with Crippen LogP contribution in [-0.2, 0) is 0 Å². The first-order chi connectivity index (χ1) is 9.65. The molecule has 0 aromatic heterocycles. The summed E-state index contributed by atoms with van der Waals surface area (Å²) in [5.41, 5.74) is 7.49. The highest BCUT2D eigenvalue weighted by Crippen LogP contribution is 2.52. The lowest BCUT2D eigenvalue weighted by Gasteiger charge is -2.46. The first-order valence-corrected chi connectivity index (χ1v) is 8.27. The van der Waals surface area contributed by atoms with E-state index in [1.807, 2.05) is 18.2 Å². The zero-order valence-corrected chi connectivity index (χ0v) is 12.5. The molecule has 108 valence electrons. The molecular formula is C17H22ClNO. The number of benzene rings is 1. The molecule has 2 aliphatic carbocycles. The van der Waals surface area contributed by atoms with Gasteiger partial charge in [0, 0.05) is 23.0 Å². The van der Waals surface area contributed by atoms with E-state index < -0.39 is 0 Å². The van der Waals surface area contributed by atoms with Crippen LogP contribution in [0.5, 0.6) is 5.75 Å². The minimum atomic E-state index is -0.00818. The van der Waals surface area contributed by atoms with Gasteiger partial charge in [-0.2, -0.15) is 0 Å². The average molecular weight is 292 g/mol. The molecule has 3 atom stereocenters. The van der Waals surface area contributed by atoms with Gasteiger partial charge in [0.25, 0.3) is 0 Å². The molecule has 20 heavy (non-hydrogen) atoms. The molecule has 2 unspecified atom stereocenters. The lowest BCUT2D eigenvalue weighted by Crippen LogP contribution is -2.46. The Bertz CT molecular complexity index is 528. The summed E-state index contributed by atoms with van der Waals surface area (Å²) in [6.45, 7) is 0. The SMILES string of the molecule is N[C@@H]1CC2(CCCC(C3CC3)C2)Oc2ccc(Cl)cc21. The van der Waals surface area contributed by atoms with E-state index in [9.17, 15) is 0 Å². The maximum absolute atomic E-state index is 6.46. The van der Waals surface area contributed by atoms with Gasteiger partial charge in [0.15, 0.2) is 0 Å². The molecule has 2 saturated carbocycles. The minimum Gasteiger partial charge on any atom is -0.487 e. The first kappa shape index (κ1) is 13.0. The van der Waals surface area contributed by atoms with Gasteiger partial charge < -0.3 is 10.5 Å². The second kappa shape index (κ2) is 4.64. The van der Waals surface area contributed by atoms with Crippen molar-refractivity contribution >= 4 is 11.6 Å². The Balaban J connectivity index is 1.62. The molecule has 1 aromatic rings. The minimum absolute atomic E-state index is 0.00818. The quantitative estimate of drug-likeness (QED) is 0.829. The maximum Gasteiger partial charge on any atom is 0.125 e. The van der Waals surface area contributed by atoms with Gasteiger partial charge in [-0.25, -0.2) is 0 Å². The van der Waals surface area contributed by atoms with Crippen LogP contribution in [0.3, 0.4) is 0 Å². The third-order valence-electron chi connectivity index (χ3n) is 5.42. The van der Waals surface area contributed by atoms with Gasteiger partial charge in [-0.1, -0.05) is 11.6 Å². The second-order valence-corrected chi connectivity index (χ2v) is 7.41. The van der Waals surface area contributed by atoms with E-state index in [2.05, 4.69) is 0 Å². The Hall–Kier alpha value is -0.730. The van der Waals surface area contributed by atoms with Crippen molar-refractivity contribution in [2.24, 2.45) is 17.6 Å². The van der Waals surface area contributed by atoms with Crippen molar-refractivity contribution in [1.29, 1.82) is 0 Å². The van der Waals surface area contributed by atoms with Crippen LogP contribution >= 0.6 is 11.6 Å². The molecule has 3 heteroatoms. The summed E-state index contributed by atoms with van der Waals surface area (Å²) in [6.07, 6.45) is 8.84. The highest BCUT2D eigenvalue weighted by molar-refractivity contribution is 6.30. The van der Waals surface area contributed by atoms with E-state index in [0.29, 0.717) is 0 Å². The van der Waals surface area contributed by atoms with E-state index >= 15 is 0 Å². The topological polar surface area (TPSA) is 35.2 Å². The molecule has 2 fully saturated rings. The van der Waals surface area contributed by atoms with E-state index in [0.717, 1.165) is 41.0 Å². The van der Waals surface area contributed by atoms with Crippen LogP contribution in [0.1, 0.15) is 56.6 Å². The molecule has 1 heterocycles. The van der Waals surface area contributed by atoms with Crippen molar-refractivity contribution in [2.45, 2.75) is 56.6 Å². The second-order valence-electron chi connectivity index (χ2n) is 6.97. The van der Waals surface area contributed by atoms with Gasteiger partial charge in [0.05, 0.1) is 0 Å². The Morgan fingerprint density at radius 2 is 2.00 bits per heavy atom. The van der Waals surface area contributed by atoms with Crippen LogP contribution in [0.2, 0.25) is 5.02 Å². The maximum atomic E-state index is 6.46. The molecule has 0 radical (unpaired) electrons. The van der Waals surface area contributed by atoms with Crippen LogP contribution in [-0.4, -0.2) is 5.60 Å². The molecule has 0 amide bonds. The lowest BCUT2D eigenvalue weighted by atomic mass is 9.71. The summed E-state index contributed by atoms with van der Waals surface area (Å²) in [5.74, 6) is 2.80. The first-order valence-electron chi connectivity index (χ1n) is 7.89. The molecule has 2 N–H and O–H groups in total. The van der Waals surface area contributed by atoms with Gasteiger partial charge in [-0.3, -0.25) is 0 Å². The number of hydrogen-bond donors (Lipinski definition) is 1. The summed E-state index contributed by atoms with van der Waals surface area (Å²) in [5, 5.41) is 0.748. The lowest BCUT2D eigenvalue weighted by molar-refractivity contribution is -0.0207. The Kier molecular flexibility index (Phi) is 3.01. The molecule has 2 nitrogen and oxygen atoms in total. The van der Waals surface area contributed by atoms with Crippen LogP contribution in [0, 0.1) is 11.8 Å². The number of rotatable bonds is 1. The number of nitrogens with two attached hydrogens (primary N) is 1. The summed E-state index contributed by atoms with van der Waals surface area (Å²) < 4.78 is 6.46. The van der Waals surface area contributed by atoms with Crippen LogP contribution in [0.4, 0.5) is 0 Å². The van der Waals surface area contributed by atoms with Gasteiger partial charge in [0.1, 0.15) is 11.4 Å². The molecule has 1 aromatic carbocycles. The molecule has 0 saturated heterocycles. The number of ether oxygens (including phenoxy) is 1. The highest BCUT2D eigenvalue weighted by Gasteiger charge is 2.46. The van der Waals surface area contributed by atoms with Crippen LogP contribution in [0.25, 0.3) is 0 Å². The third-order valence-corrected chi connectivity index (χ3v) is 5.65. The molecule has 4 rings (SSSR count). The van der Waals surface area contributed by atoms with Crippen molar-refractivity contribution in [1.82, 2.24) is 0 Å². The number of fused-ring (bicyclic) bond motifs is 1. The predicted molar refractivity (Wildman–Crippen MR) is 81.0 cm³/mol. The van der Waals surface area contributed by atoms with E-state index in [1.54, 1.807) is 0 Å². The number of halogens is 1. The molecule has 0 bridgehead atoms. The van der Waals surface area contributed by atoms with E-state index in [-0.39, 0.29) is 11.6 Å². The van der Waals surface area contributed by atoms with Crippen molar-refractivity contribution in [2.75, 3.05) is 0 Å². The fourth-order valence-electron chi connectivity index (χ4n) is 4.30. The molecular weight excluding hydrogens is 270 g/mol. The van der Waals surface area contributed by atoms with E-state index in [1.165, 1.54) is 32.1 Å². The Labute approximate surface area is 125 Å². The van der Waals surface area contributed by atoms with Crippen molar-refractivity contribution in [3.05, 3.63) is 28.8 Å².